The molecule has 0 aliphatic heterocycles. The third-order valence-electron chi connectivity index (χ3n) is 4.17. The average molecular weight is 381 g/mol. The number of ether oxygens (including phenoxy) is 2. The highest BCUT2D eigenvalue weighted by Crippen LogP contribution is 2.28. The van der Waals surface area contributed by atoms with Gasteiger partial charge in [0.25, 0.3) is 11.8 Å². The van der Waals surface area contributed by atoms with Crippen molar-refractivity contribution in [2.24, 2.45) is 0 Å². The van der Waals surface area contributed by atoms with Crippen molar-refractivity contribution >= 4 is 17.3 Å². The number of rotatable bonds is 6. The van der Waals surface area contributed by atoms with Crippen molar-refractivity contribution in [2.45, 2.75) is 20.3 Å². The number of hydrogen-bond acceptors (Lipinski definition) is 4. The van der Waals surface area contributed by atoms with Crippen molar-refractivity contribution in [3.8, 4) is 11.5 Å². The maximum Gasteiger partial charge on any atom is 0.271 e. The maximum absolute atomic E-state index is 12.4. The molecule has 2 amide bonds. The molecule has 0 spiro atoms. The second-order valence-corrected chi connectivity index (χ2v) is 6.39. The summed E-state index contributed by atoms with van der Waals surface area (Å²) in [5.74, 6) is 0.171. The zero-order valence-electron chi connectivity index (χ0n) is 16.1. The highest BCUT2D eigenvalue weighted by atomic mass is 16.5. The van der Waals surface area contributed by atoms with Crippen LogP contribution >= 0.6 is 0 Å². The van der Waals surface area contributed by atoms with Crippen molar-refractivity contribution in [3.05, 3.63) is 65.5 Å². The Morgan fingerprint density at radius 3 is 2.39 bits per heavy atom. The number of fused-ring (bicyclic) bond motifs is 1. The summed E-state index contributed by atoms with van der Waals surface area (Å²) in [5.41, 5.74) is 7.73. The quantitative estimate of drug-likeness (QED) is 0.643. The number of benzene rings is 1. The molecule has 0 saturated heterocycles. The molecule has 0 fully saturated rings. The van der Waals surface area contributed by atoms with Crippen molar-refractivity contribution in [1.29, 1.82) is 0 Å². The van der Waals surface area contributed by atoms with Crippen molar-refractivity contribution in [1.82, 2.24) is 15.3 Å². The second kappa shape index (κ2) is 8.47. The van der Waals surface area contributed by atoms with Crippen LogP contribution in [0.2, 0.25) is 0 Å². The van der Waals surface area contributed by atoms with Gasteiger partial charge in [0.15, 0.2) is 11.5 Å². The van der Waals surface area contributed by atoms with Crippen LogP contribution < -0.4 is 20.3 Å². The van der Waals surface area contributed by atoms with E-state index < -0.39 is 11.8 Å². The van der Waals surface area contributed by atoms with Crippen LogP contribution in [0.5, 0.6) is 11.5 Å². The Bertz CT molecular complexity index is 1010. The van der Waals surface area contributed by atoms with Gasteiger partial charge in [-0.2, -0.15) is 0 Å². The number of methoxy groups -OCH3 is 1. The summed E-state index contributed by atoms with van der Waals surface area (Å²) < 4.78 is 12.7. The van der Waals surface area contributed by atoms with Crippen molar-refractivity contribution < 1.29 is 19.1 Å². The standard InChI is InChI=1S/C21H23N3O4/c1-4-9-28-18-8-6-15(11-19(18)27-3)20(25)22-23-21(26)16-5-7-17-10-14(2)12-24(17)13-16/h5-8,10-13H,4,9H2,1-3H3,(H,22,25)(H,23,26). The molecule has 7 nitrogen and oxygen atoms in total. The summed E-state index contributed by atoms with van der Waals surface area (Å²) >= 11 is 0. The molecular weight excluding hydrogens is 358 g/mol. The summed E-state index contributed by atoms with van der Waals surface area (Å²) in [7, 11) is 1.51. The number of aryl methyl sites for hydroxylation is 1. The Labute approximate surface area is 163 Å². The zero-order valence-corrected chi connectivity index (χ0v) is 16.1. The predicted octanol–water partition coefficient (Wildman–Crippen LogP) is 3.12. The number of carbonyl (C=O) groups is 2. The normalized spacial score (nSPS) is 10.5. The highest BCUT2D eigenvalue weighted by molar-refractivity contribution is 5.99. The summed E-state index contributed by atoms with van der Waals surface area (Å²) in [6.07, 6.45) is 4.51. The van der Waals surface area contributed by atoms with E-state index in [-0.39, 0.29) is 0 Å². The average Bonchev–Trinajstić information content (AvgIpc) is 3.09. The summed E-state index contributed by atoms with van der Waals surface area (Å²) in [4.78, 5) is 24.7. The molecule has 0 radical (unpaired) electrons. The zero-order chi connectivity index (χ0) is 20.1. The minimum absolute atomic E-state index is 0.345. The summed E-state index contributed by atoms with van der Waals surface area (Å²) in [5, 5.41) is 0. The van der Waals surface area contributed by atoms with E-state index in [9.17, 15) is 9.59 Å². The topological polar surface area (TPSA) is 81.1 Å². The molecule has 2 aromatic heterocycles. The Hall–Kier alpha value is -3.48. The van der Waals surface area contributed by atoms with Gasteiger partial charge >= 0.3 is 0 Å². The molecule has 3 rings (SSSR count). The smallest absolute Gasteiger partial charge is 0.271 e. The molecule has 0 atom stereocenters. The fraction of sp³-hybridized carbons (Fsp3) is 0.238. The van der Waals surface area contributed by atoms with Gasteiger partial charge in [0.1, 0.15) is 0 Å². The monoisotopic (exact) mass is 381 g/mol. The van der Waals surface area contributed by atoms with Crippen molar-refractivity contribution in [3.63, 3.8) is 0 Å². The molecular formula is C21H23N3O4. The molecule has 0 aliphatic rings. The first-order valence-corrected chi connectivity index (χ1v) is 9.01. The van der Waals surface area contributed by atoms with Crippen LogP contribution in [-0.4, -0.2) is 29.9 Å². The van der Waals surface area contributed by atoms with Gasteiger partial charge < -0.3 is 13.9 Å². The molecule has 28 heavy (non-hydrogen) atoms. The Morgan fingerprint density at radius 1 is 0.964 bits per heavy atom. The lowest BCUT2D eigenvalue weighted by Crippen LogP contribution is -2.41. The Kier molecular flexibility index (Phi) is 5.84. The minimum atomic E-state index is -0.452. The third kappa shape index (κ3) is 4.25. The minimum Gasteiger partial charge on any atom is -0.493 e. The van der Waals surface area contributed by atoms with E-state index in [4.69, 9.17) is 9.47 Å². The van der Waals surface area contributed by atoms with Gasteiger partial charge in [-0.25, -0.2) is 0 Å². The number of pyridine rings is 1. The van der Waals surface area contributed by atoms with Gasteiger partial charge in [-0.1, -0.05) is 6.92 Å². The largest absolute Gasteiger partial charge is 0.493 e. The van der Waals surface area contributed by atoms with Crippen LogP contribution in [0, 0.1) is 6.92 Å². The molecule has 0 unspecified atom stereocenters. The molecule has 2 N–H and O–H groups in total. The van der Waals surface area contributed by atoms with Gasteiger partial charge in [0.05, 0.1) is 19.3 Å². The molecule has 0 saturated carbocycles. The molecule has 0 aliphatic carbocycles. The van der Waals surface area contributed by atoms with Crippen LogP contribution in [0.4, 0.5) is 0 Å². The second-order valence-electron chi connectivity index (χ2n) is 6.39. The van der Waals surface area contributed by atoms with Gasteiger partial charge in [-0.3, -0.25) is 20.4 Å². The maximum atomic E-state index is 12.4. The lowest BCUT2D eigenvalue weighted by atomic mass is 10.2. The van der Waals surface area contributed by atoms with E-state index in [1.165, 1.54) is 7.11 Å². The van der Waals surface area contributed by atoms with Crippen LogP contribution in [0.1, 0.15) is 39.6 Å². The highest BCUT2D eigenvalue weighted by Gasteiger charge is 2.13. The lowest BCUT2D eigenvalue weighted by molar-refractivity contribution is 0.0846. The van der Waals surface area contributed by atoms with Gasteiger partial charge in [-0.05, 0) is 55.3 Å². The van der Waals surface area contributed by atoms with Crippen molar-refractivity contribution in [2.75, 3.05) is 13.7 Å². The Balaban J connectivity index is 1.66. The van der Waals surface area contributed by atoms with Crippen LogP contribution in [0.25, 0.3) is 5.52 Å². The molecule has 1 aromatic carbocycles. The van der Waals surface area contributed by atoms with E-state index in [1.807, 2.05) is 36.6 Å². The first-order valence-electron chi connectivity index (χ1n) is 9.01. The summed E-state index contributed by atoms with van der Waals surface area (Å²) in [6.45, 7) is 4.55. The number of amides is 2. The number of hydrazine groups is 1. The molecule has 3 aromatic rings. The third-order valence-corrected chi connectivity index (χ3v) is 4.17. The molecule has 0 bridgehead atoms. The summed E-state index contributed by atoms with van der Waals surface area (Å²) in [6, 6.07) is 10.4. The number of aromatic nitrogens is 1. The molecule has 7 heteroatoms. The fourth-order valence-electron chi connectivity index (χ4n) is 2.79. The Morgan fingerprint density at radius 2 is 1.68 bits per heavy atom. The lowest BCUT2D eigenvalue weighted by Gasteiger charge is -2.12. The SMILES string of the molecule is CCCOc1ccc(C(=O)NNC(=O)c2ccc3cc(C)cn3c2)cc1OC. The fourth-order valence-corrected chi connectivity index (χ4v) is 2.79. The number of hydrogen-bond donors (Lipinski definition) is 2. The first kappa shape index (κ1) is 19.3. The number of nitrogens with one attached hydrogen (secondary N) is 2. The molecule has 2 heterocycles. The number of carbonyl (C=O) groups excluding carboxylic acids is 2. The predicted molar refractivity (Wildman–Crippen MR) is 106 cm³/mol. The van der Waals surface area contributed by atoms with E-state index in [2.05, 4.69) is 10.9 Å². The van der Waals surface area contributed by atoms with E-state index in [1.54, 1.807) is 30.5 Å². The van der Waals surface area contributed by atoms with Crippen LogP contribution in [0.3, 0.4) is 0 Å². The first-order chi connectivity index (χ1) is 13.5. The van der Waals surface area contributed by atoms with Gasteiger partial charge in [0.2, 0.25) is 0 Å². The van der Waals surface area contributed by atoms with Gasteiger partial charge in [0, 0.05) is 23.5 Å². The van der Waals surface area contributed by atoms with E-state index in [0.717, 1.165) is 17.5 Å². The van der Waals surface area contributed by atoms with Crippen LogP contribution in [-0.2, 0) is 0 Å². The molecule has 146 valence electrons. The van der Waals surface area contributed by atoms with Crippen LogP contribution in [0.15, 0.2) is 48.8 Å². The van der Waals surface area contributed by atoms with E-state index in [0.29, 0.717) is 29.2 Å². The van der Waals surface area contributed by atoms with Gasteiger partial charge in [-0.15, -0.1) is 0 Å². The van der Waals surface area contributed by atoms with E-state index >= 15 is 0 Å². The number of nitrogens with zero attached hydrogens (tertiary/aromatic N) is 1.